The predicted molar refractivity (Wildman–Crippen MR) is 92.9 cm³/mol. The Labute approximate surface area is 133 Å². The van der Waals surface area contributed by atoms with Crippen molar-refractivity contribution in [3.63, 3.8) is 0 Å². The molecule has 0 aromatic carbocycles. The van der Waals surface area contributed by atoms with Gasteiger partial charge in [-0.3, -0.25) is 0 Å². The molecule has 1 saturated heterocycles. The van der Waals surface area contributed by atoms with Gasteiger partial charge in [0.05, 0.1) is 6.61 Å². The van der Waals surface area contributed by atoms with Crippen molar-refractivity contribution in [2.45, 2.75) is 84.2 Å². The van der Waals surface area contributed by atoms with Crippen LogP contribution in [-0.4, -0.2) is 27.6 Å². The van der Waals surface area contributed by atoms with E-state index in [9.17, 15) is 0 Å². The Balaban J connectivity index is 2.28. The zero-order valence-corrected chi connectivity index (χ0v) is 15.9. The summed E-state index contributed by atoms with van der Waals surface area (Å²) in [6.45, 7) is 15.8. The van der Waals surface area contributed by atoms with Gasteiger partial charge in [-0.25, -0.2) is 0 Å². The lowest BCUT2D eigenvalue weighted by Gasteiger charge is -2.39. The van der Waals surface area contributed by atoms with E-state index < -0.39 is 8.07 Å². The Bertz CT molecular complexity index is 357. The summed E-state index contributed by atoms with van der Waals surface area (Å²) in [5.74, 6) is 4.10. The van der Waals surface area contributed by atoms with Crippen molar-refractivity contribution in [2.75, 3.05) is 13.2 Å². The summed E-state index contributed by atoms with van der Waals surface area (Å²) >= 11 is 0. The van der Waals surface area contributed by atoms with Gasteiger partial charge in [-0.1, -0.05) is 40.8 Å². The molecule has 1 aliphatic heterocycles. The summed E-state index contributed by atoms with van der Waals surface area (Å²) in [4.78, 5) is 0. The highest BCUT2D eigenvalue weighted by Gasteiger charge is 2.40. The average molecular weight is 311 g/mol. The molecule has 21 heavy (non-hydrogen) atoms. The topological polar surface area (TPSA) is 18.5 Å². The number of unbranched alkanes of at least 4 members (excludes halogenated alkanes) is 1. The molecular formula is C18H34O2Si. The van der Waals surface area contributed by atoms with Crippen LogP contribution >= 0.6 is 0 Å². The van der Waals surface area contributed by atoms with Crippen molar-refractivity contribution >= 4 is 8.07 Å². The maximum Gasteiger partial charge on any atom is 0.157 e. The quantitative estimate of drug-likeness (QED) is 0.390. The molecule has 0 aliphatic carbocycles. The van der Waals surface area contributed by atoms with E-state index in [0.29, 0.717) is 11.0 Å². The van der Waals surface area contributed by atoms with E-state index in [2.05, 4.69) is 52.3 Å². The van der Waals surface area contributed by atoms with Crippen LogP contribution in [0, 0.1) is 17.4 Å². The van der Waals surface area contributed by atoms with Crippen LogP contribution in [0.2, 0.25) is 18.1 Å². The highest BCUT2D eigenvalue weighted by atomic mass is 28.3. The molecule has 1 heterocycles. The van der Waals surface area contributed by atoms with Gasteiger partial charge in [0.2, 0.25) is 0 Å². The molecule has 122 valence electrons. The smallest absolute Gasteiger partial charge is 0.157 e. The van der Waals surface area contributed by atoms with Gasteiger partial charge >= 0.3 is 0 Å². The first-order valence-corrected chi connectivity index (χ1v) is 11.5. The molecule has 3 heteroatoms. The van der Waals surface area contributed by atoms with E-state index >= 15 is 0 Å². The molecule has 0 radical (unpaired) electrons. The third kappa shape index (κ3) is 5.77. The van der Waals surface area contributed by atoms with Gasteiger partial charge in [0.1, 0.15) is 8.07 Å². The lowest BCUT2D eigenvalue weighted by Crippen LogP contribution is -2.41. The molecule has 0 bridgehead atoms. The predicted octanol–water partition coefficient (Wildman–Crippen LogP) is 5.00. The zero-order valence-electron chi connectivity index (χ0n) is 14.9. The Morgan fingerprint density at radius 1 is 1.29 bits per heavy atom. The summed E-state index contributed by atoms with van der Waals surface area (Å²) < 4.78 is 11.3. The maximum atomic E-state index is 5.74. The van der Waals surface area contributed by atoms with Crippen LogP contribution in [0.15, 0.2) is 0 Å². The fraction of sp³-hybridized carbons (Fsp3) is 0.889. The third-order valence-electron chi connectivity index (χ3n) is 5.34. The largest absolute Gasteiger partial charge is 0.353 e. The Morgan fingerprint density at radius 3 is 2.57 bits per heavy atom. The molecule has 1 rings (SSSR count). The van der Waals surface area contributed by atoms with E-state index in [-0.39, 0.29) is 6.29 Å². The van der Waals surface area contributed by atoms with Crippen molar-refractivity contribution in [3.8, 4) is 11.5 Å². The minimum atomic E-state index is -1.51. The molecular weight excluding hydrogens is 276 g/mol. The first-order valence-electron chi connectivity index (χ1n) is 8.50. The van der Waals surface area contributed by atoms with E-state index in [1.807, 2.05) is 0 Å². The maximum absolute atomic E-state index is 5.74. The van der Waals surface area contributed by atoms with Crippen LogP contribution in [-0.2, 0) is 9.47 Å². The lowest BCUT2D eigenvalue weighted by molar-refractivity contribution is -0.162. The van der Waals surface area contributed by atoms with E-state index in [4.69, 9.17) is 9.47 Å². The van der Waals surface area contributed by atoms with Crippen molar-refractivity contribution < 1.29 is 9.47 Å². The Morgan fingerprint density at radius 2 is 2.00 bits per heavy atom. The van der Waals surface area contributed by atoms with Gasteiger partial charge < -0.3 is 9.47 Å². The van der Waals surface area contributed by atoms with Crippen LogP contribution in [0.4, 0.5) is 0 Å². The minimum absolute atomic E-state index is 0.0393. The number of hydrogen-bond acceptors (Lipinski definition) is 2. The molecule has 0 N–H and O–H groups in total. The second kappa shape index (κ2) is 8.36. The fourth-order valence-electron chi connectivity index (χ4n) is 2.38. The molecule has 1 unspecified atom stereocenters. The van der Waals surface area contributed by atoms with Gasteiger partial charge in [0, 0.05) is 13.0 Å². The number of rotatable bonds is 6. The second-order valence-corrected chi connectivity index (χ2v) is 12.4. The van der Waals surface area contributed by atoms with E-state index in [1.54, 1.807) is 0 Å². The van der Waals surface area contributed by atoms with Crippen molar-refractivity contribution in [2.24, 2.45) is 5.92 Å². The molecule has 0 aromatic heterocycles. The summed E-state index contributed by atoms with van der Waals surface area (Å²) in [6, 6.07) is 0. The van der Waals surface area contributed by atoms with Gasteiger partial charge in [0.25, 0.3) is 0 Å². The number of hydrogen-bond donors (Lipinski definition) is 0. The SMILES string of the molecule is CC(C)C(C)(C)[Si](C)(C)C#CCCCOC1CCCCO1. The number of ether oxygens (including phenoxy) is 2. The van der Waals surface area contributed by atoms with Crippen molar-refractivity contribution in [1.82, 2.24) is 0 Å². The normalized spacial score (nSPS) is 20.2. The summed E-state index contributed by atoms with van der Waals surface area (Å²) in [5, 5.41) is 0.354. The Kier molecular flexibility index (Phi) is 7.46. The zero-order chi connectivity index (χ0) is 15.9. The van der Waals surface area contributed by atoms with Crippen molar-refractivity contribution in [3.05, 3.63) is 0 Å². The Hall–Kier alpha value is -0.303. The molecule has 1 atom stereocenters. The fourth-order valence-corrected chi connectivity index (χ4v) is 4.72. The molecule has 2 nitrogen and oxygen atoms in total. The molecule has 1 aliphatic rings. The van der Waals surface area contributed by atoms with Crippen LogP contribution in [0.25, 0.3) is 0 Å². The standard InChI is InChI=1S/C18H34O2Si/c1-16(2)18(3,4)21(5,6)15-11-7-9-13-19-17-12-8-10-14-20-17/h16-17H,7-10,12-14H2,1-6H3. The van der Waals surface area contributed by atoms with Gasteiger partial charge in [-0.05, 0) is 36.6 Å². The lowest BCUT2D eigenvalue weighted by atomic mass is 9.99. The second-order valence-electron chi connectivity index (χ2n) is 7.57. The van der Waals surface area contributed by atoms with Crippen LogP contribution in [0.5, 0.6) is 0 Å². The van der Waals surface area contributed by atoms with E-state index in [1.165, 1.54) is 12.8 Å². The molecule has 0 aromatic rings. The summed E-state index contributed by atoms with van der Waals surface area (Å²) in [5.41, 5.74) is 3.62. The average Bonchev–Trinajstić information content (AvgIpc) is 2.43. The van der Waals surface area contributed by atoms with Gasteiger partial charge in [-0.2, -0.15) is 0 Å². The van der Waals surface area contributed by atoms with Crippen LogP contribution < -0.4 is 0 Å². The third-order valence-corrected chi connectivity index (χ3v) is 9.94. The summed E-state index contributed by atoms with van der Waals surface area (Å²) in [7, 11) is -1.51. The first kappa shape index (κ1) is 18.7. The molecule has 1 fully saturated rings. The van der Waals surface area contributed by atoms with Gasteiger partial charge in [-0.15, -0.1) is 11.5 Å². The molecule has 0 amide bonds. The molecule has 0 spiro atoms. The minimum Gasteiger partial charge on any atom is -0.353 e. The van der Waals surface area contributed by atoms with E-state index in [0.717, 1.165) is 32.5 Å². The van der Waals surface area contributed by atoms with Crippen LogP contribution in [0.3, 0.4) is 0 Å². The molecule has 0 saturated carbocycles. The highest BCUT2D eigenvalue weighted by molar-refractivity contribution is 6.87. The van der Waals surface area contributed by atoms with Crippen molar-refractivity contribution in [1.29, 1.82) is 0 Å². The van der Waals surface area contributed by atoms with Crippen LogP contribution in [0.1, 0.15) is 59.8 Å². The first-order chi connectivity index (χ1) is 9.77. The highest BCUT2D eigenvalue weighted by Crippen LogP contribution is 2.43. The summed E-state index contributed by atoms with van der Waals surface area (Å²) in [6.07, 6.45) is 5.45. The van der Waals surface area contributed by atoms with Gasteiger partial charge in [0.15, 0.2) is 6.29 Å². The monoisotopic (exact) mass is 310 g/mol.